The van der Waals surface area contributed by atoms with Crippen LogP contribution in [0.1, 0.15) is 74.8 Å². The van der Waals surface area contributed by atoms with Gasteiger partial charge in [-0.1, -0.05) is 35.9 Å². The number of methoxy groups -OCH3 is 1. The van der Waals surface area contributed by atoms with Crippen LogP contribution in [-0.2, 0) is 21.6 Å². The predicted molar refractivity (Wildman–Crippen MR) is 160 cm³/mol. The lowest BCUT2D eigenvalue weighted by molar-refractivity contribution is -0.118. The first kappa shape index (κ1) is 28.1. The molecule has 3 aliphatic rings. The highest BCUT2D eigenvalue weighted by Gasteiger charge is 2.44. The highest BCUT2D eigenvalue weighted by atomic mass is 35.5. The van der Waals surface area contributed by atoms with Crippen LogP contribution in [-0.4, -0.2) is 36.4 Å². The van der Waals surface area contributed by atoms with Crippen LogP contribution in [0.2, 0.25) is 5.02 Å². The van der Waals surface area contributed by atoms with Crippen molar-refractivity contribution in [3.63, 3.8) is 0 Å². The molecule has 1 amide bonds. The average Bonchev–Trinajstić information content (AvgIpc) is 3.29. The Morgan fingerprint density at radius 1 is 1.00 bits per heavy atom. The van der Waals surface area contributed by atoms with Gasteiger partial charge in [0.25, 0.3) is 0 Å². The maximum atomic E-state index is 13.8. The lowest BCUT2D eigenvalue weighted by Crippen LogP contribution is -2.41. The number of nitrogens with zero attached hydrogens (tertiary/aromatic N) is 1. The number of aliphatic hydroxyl groups is 1. The Labute approximate surface area is 247 Å². The van der Waals surface area contributed by atoms with Gasteiger partial charge in [0, 0.05) is 10.7 Å². The molecular formula is C34H38ClNO5. The number of fused-ring (bicyclic) bond motifs is 3. The molecule has 3 aromatic carbocycles. The number of carbonyl (C=O) groups is 1. The van der Waals surface area contributed by atoms with E-state index in [0.717, 1.165) is 53.6 Å². The van der Waals surface area contributed by atoms with Gasteiger partial charge in [0.15, 0.2) is 11.5 Å². The van der Waals surface area contributed by atoms with Crippen molar-refractivity contribution < 1.29 is 24.1 Å². The van der Waals surface area contributed by atoms with Crippen molar-refractivity contribution in [2.75, 3.05) is 12.0 Å². The van der Waals surface area contributed by atoms with Gasteiger partial charge >= 0.3 is 0 Å². The summed E-state index contributed by atoms with van der Waals surface area (Å²) in [6.45, 7) is 5.87. The van der Waals surface area contributed by atoms with Gasteiger partial charge in [-0.2, -0.15) is 0 Å². The summed E-state index contributed by atoms with van der Waals surface area (Å²) in [5, 5.41) is 12.3. The maximum Gasteiger partial charge on any atom is 0.232 e. The van der Waals surface area contributed by atoms with Gasteiger partial charge < -0.3 is 24.2 Å². The minimum atomic E-state index is -0.975. The van der Waals surface area contributed by atoms with Crippen LogP contribution in [0.25, 0.3) is 0 Å². The van der Waals surface area contributed by atoms with E-state index in [1.54, 1.807) is 7.11 Å². The smallest absolute Gasteiger partial charge is 0.232 e. The van der Waals surface area contributed by atoms with Crippen molar-refractivity contribution in [1.82, 2.24) is 0 Å². The zero-order valence-corrected chi connectivity index (χ0v) is 24.9. The SMILES string of the molecule is COc1cc2c(cc1OC(C)C)C(c1ccc(Cl)cc1)N(c1ccc([C@@](C)(O)C3CC4CC[C@H](C3)O4)cc1)C(=O)C2. The van der Waals surface area contributed by atoms with Crippen LogP contribution in [0.4, 0.5) is 5.69 Å². The summed E-state index contributed by atoms with van der Waals surface area (Å²) in [5.41, 5.74) is 3.49. The maximum absolute atomic E-state index is 13.8. The molecule has 3 aromatic rings. The molecule has 3 unspecified atom stereocenters. The molecule has 0 aliphatic carbocycles. The third-order valence-corrected chi connectivity index (χ3v) is 9.20. The molecule has 0 spiro atoms. The minimum absolute atomic E-state index is 0.0162. The number of benzene rings is 3. The number of rotatable bonds is 7. The van der Waals surface area contributed by atoms with E-state index in [9.17, 15) is 9.90 Å². The molecule has 7 heteroatoms. The molecule has 41 heavy (non-hydrogen) atoms. The molecule has 216 valence electrons. The van der Waals surface area contributed by atoms with Gasteiger partial charge in [-0.25, -0.2) is 0 Å². The standard InChI is InChI=1S/C34H38ClNO5/c1-20(2)40-31-19-29-22(15-30(31)39-4)16-32(37)36(33(29)21-5-9-25(35)10-6-21)26-11-7-23(8-12-26)34(3,38)24-17-27-13-14-28(18-24)41-27/h5-12,15,19-20,24,27-28,33,38H,13-14,16-18H2,1-4H3/t24?,27-,28?,33?,34-/m1/s1. The van der Waals surface area contributed by atoms with E-state index in [1.807, 2.05) is 86.3 Å². The monoisotopic (exact) mass is 575 g/mol. The largest absolute Gasteiger partial charge is 0.493 e. The van der Waals surface area contributed by atoms with E-state index in [1.165, 1.54) is 0 Å². The van der Waals surface area contributed by atoms with Crippen LogP contribution in [0.5, 0.6) is 11.5 Å². The molecular weight excluding hydrogens is 538 g/mol. The van der Waals surface area contributed by atoms with Crippen molar-refractivity contribution >= 4 is 23.2 Å². The highest BCUT2D eigenvalue weighted by Crippen LogP contribution is 2.46. The fraction of sp³-hybridized carbons (Fsp3) is 0.441. The fourth-order valence-corrected chi connectivity index (χ4v) is 6.97. The first-order valence-corrected chi connectivity index (χ1v) is 14.9. The van der Waals surface area contributed by atoms with Crippen LogP contribution in [0, 0.1) is 5.92 Å². The fourth-order valence-electron chi connectivity index (χ4n) is 6.84. The second-order valence-electron chi connectivity index (χ2n) is 12.1. The van der Waals surface area contributed by atoms with Gasteiger partial charge in [0.05, 0.1) is 43.5 Å². The molecule has 0 radical (unpaired) electrons. The summed E-state index contributed by atoms with van der Waals surface area (Å²) in [4.78, 5) is 15.7. The van der Waals surface area contributed by atoms with Crippen molar-refractivity contribution in [2.24, 2.45) is 5.92 Å². The second-order valence-corrected chi connectivity index (χ2v) is 12.5. The number of hydrogen-bond donors (Lipinski definition) is 1. The van der Waals surface area contributed by atoms with E-state index < -0.39 is 5.60 Å². The summed E-state index contributed by atoms with van der Waals surface area (Å²) in [5.74, 6) is 1.38. The van der Waals surface area contributed by atoms with Gasteiger partial charge in [0.2, 0.25) is 5.91 Å². The number of anilines is 1. The third kappa shape index (κ3) is 5.33. The van der Waals surface area contributed by atoms with Crippen LogP contribution >= 0.6 is 11.6 Å². The van der Waals surface area contributed by atoms with Gasteiger partial charge in [0.1, 0.15) is 0 Å². The molecule has 2 saturated heterocycles. The topological polar surface area (TPSA) is 68.2 Å². The van der Waals surface area contributed by atoms with Crippen LogP contribution in [0.15, 0.2) is 60.7 Å². The second kappa shape index (κ2) is 11.0. The van der Waals surface area contributed by atoms with Crippen molar-refractivity contribution in [1.29, 1.82) is 0 Å². The molecule has 3 aliphatic heterocycles. The molecule has 0 saturated carbocycles. The molecule has 5 atom stereocenters. The molecule has 0 aromatic heterocycles. The quantitative estimate of drug-likeness (QED) is 0.329. The lowest BCUT2D eigenvalue weighted by Gasteiger charge is -2.40. The Balaban J connectivity index is 1.39. The number of ether oxygens (including phenoxy) is 3. The summed E-state index contributed by atoms with van der Waals surface area (Å²) in [7, 11) is 1.62. The van der Waals surface area contributed by atoms with E-state index in [-0.39, 0.29) is 42.6 Å². The van der Waals surface area contributed by atoms with Crippen molar-refractivity contribution in [2.45, 2.75) is 82.8 Å². The van der Waals surface area contributed by atoms with Gasteiger partial charge in [-0.3, -0.25) is 4.79 Å². The Kier molecular flexibility index (Phi) is 7.52. The van der Waals surface area contributed by atoms with Crippen molar-refractivity contribution in [3.8, 4) is 11.5 Å². The molecule has 1 N–H and O–H groups in total. The van der Waals surface area contributed by atoms with Crippen molar-refractivity contribution in [3.05, 3.63) is 87.9 Å². The van der Waals surface area contributed by atoms with Crippen LogP contribution in [0.3, 0.4) is 0 Å². The first-order valence-electron chi connectivity index (χ1n) is 14.6. The normalized spacial score (nSPS) is 25.1. The summed E-state index contributed by atoms with van der Waals surface area (Å²) < 4.78 is 17.8. The average molecular weight is 576 g/mol. The zero-order valence-electron chi connectivity index (χ0n) is 24.1. The van der Waals surface area contributed by atoms with Gasteiger partial charge in [-0.15, -0.1) is 0 Å². The molecule has 2 fully saturated rings. The Morgan fingerprint density at radius 3 is 2.27 bits per heavy atom. The van der Waals surface area contributed by atoms with E-state index in [4.69, 9.17) is 25.8 Å². The van der Waals surface area contributed by atoms with E-state index >= 15 is 0 Å². The zero-order chi connectivity index (χ0) is 28.9. The molecule has 3 heterocycles. The van der Waals surface area contributed by atoms with Gasteiger partial charge in [-0.05, 0) is 111 Å². The number of halogens is 1. The Bertz CT molecular complexity index is 1410. The highest BCUT2D eigenvalue weighted by molar-refractivity contribution is 6.30. The first-order chi connectivity index (χ1) is 19.6. The number of amides is 1. The van der Waals surface area contributed by atoms with Crippen LogP contribution < -0.4 is 14.4 Å². The number of carbonyl (C=O) groups excluding carboxylic acids is 1. The number of hydrogen-bond acceptors (Lipinski definition) is 5. The summed E-state index contributed by atoms with van der Waals surface area (Å²) >= 11 is 6.25. The van der Waals surface area contributed by atoms with E-state index in [0.29, 0.717) is 16.5 Å². The van der Waals surface area contributed by atoms with E-state index in [2.05, 4.69) is 0 Å². The minimum Gasteiger partial charge on any atom is -0.493 e. The predicted octanol–water partition coefficient (Wildman–Crippen LogP) is 6.98. The third-order valence-electron chi connectivity index (χ3n) is 8.95. The Morgan fingerprint density at radius 2 is 1.66 bits per heavy atom. The Hall–Kier alpha value is -3.06. The summed E-state index contributed by atoms with van der Waals surface area (Å²) in [6, 6.07) is 19.0. The molecule has 6 rings (SSSR count). The molecule has 6 nitrogen and oxygen atoms in total. The molecule has 2 bridgehead atoms. The summed E-state index contributed by atoms with van der Waals surface area (Å²) in [6.07, 6.45) is 4.60. The lowest BCUT2D eigenvalue weighted by atomic mass is 9.76.